The summed E-state index contributed by atoms with van der Waals surface area (Å²) >= 11 is 0. The van der Waals surface area contributed by atoms with E-state index in [0.29, 0.717) is 0 Å². The average Bonchev–Trinajstić information content (AvgIpc) is 3.18. The molecule has 0 saturated carbocycles. The molecule has 1 aliphatic rings. The van der Waals surface area contributed by atoms with E-state index in [0.717, 1.165) is 61.9 Å². The zero-order valence-electron chi connectivity index (χ0n) is 26.9. The van der Waals surface area contributed by atoms with Crippen LogP contribution in [0.15, 0.2) is 169 Å². The number of benzene rings is 7. The Hall–Kier alpha value is -5.76. The molecule has 0 spiro atoms. The van der Waals surface area contributed by atoms with Gasteiger partial charge in [-0.15, -0.1) is 0 Å². The molecular weight excluding hydrogens is 615 g/mol. The molecule has 0 fully saturated rings. The second kappa shape index (κ2) is 12.0. The van der Waals surface area contributed by atoms with Gasteiger partial charge in [0.05, 0.1) is 0 Å². The molecule has 1 aliphatic carbocycles. The Kier molecular flexibility index (Phi) is 7.22. The van der Waals surface area contributed by atoms with Gasteiger partial charge >= 0.3 is 250 Å². The van der Waals surface area contributed by atoms with Gasteiger partial charge in [-0.25, -0.2) is 0 Å². The van der Waals surface area contributed by atoms with E-state index in [1.54, 1.807) is 0 Å². The monoisotopic (exact) mass is 648 g/mol. The van der Waals surface area contributed by atoms with Crippen LogP contribution in [0.2, 0.25) is 0 Å². The van der Waals surface area contributed by atoms with Crippen LogP contribution >= 0.6 is 7.41 Å². The van der Waals surface area contributed by atoms with Crippen molar-refractivity contribution in [1.29, 1.82) is 0 Å². The molecule has 0 N–H and O–H groups in total. The Morgan fingerprint density at radius 3 is 1.94 bits per heavy atom. The van der Waals surface area contributed by atoms with Gasteiger partial charge < -0.3 is 0 Å². The summed E-state index contributed by atoms with van der Waals surface area (Å²) in [5.74, 6) is 0. The summed E-state index contributed by atoms with van der Waals surface area (Å²) in [6, 6.07) is 55.0. The summed E-state index contributed by atoms with van der Waals surface area (Å²) in [4.78, 5) is 22.3. The Morgan fingerprint density at radius 2 is 1.18 bits per heavy atom. The number of hydrogen-bond donors (Lipinski definition) is 0. The number of pyridine rings is 1. The standard InChI is InChI=1S/C45H33N2OP/c48-47-49(36-16-3-1-4-17-36,37-18-5-2-6-19-37)38-26-22-31(23-27-38)34-14-11-15-35(30-34)43-41-28-24-32-12-7-9-20-39(32)44(41)46-45-40-21-10-8-13-33(40)25-29-42(43)45/h1-7,9-12,14-30,49H,8,13H2. The maximum atomic E-state index is 13.0. The number of hydrogen-bond acceptors (Lipinski definition) is 3. The number of nitrogens with zero attached hydrogens (tertiary/aromatic N) is 2. The molecule has 0 aliphatic heterocycles. The predicted molar refractivity (Wildman–Crippen MR) is 211 cm³/mol. The van der Waals surface area contributed by atoms with Gasteiger partial charge in [0.1, 0.15) is 0 Å². The average molecular weight is 649 g/mol. The molecule has 9 rings (SSSR count). The molecular formula is C45H33N2OP. The molecule has 0 amide bonds. The minimum atomic E-state index is -3.12. The molecule has 0 radical (unpaired) electrons. The van der Waals surface area contributed by atoms with Crippen LogP contribution in [0.4, 0.5) is 0 Å². The van der Waals surface area contributed by atoms with Gasteiger partial charge in [0.2, 0.25) is 0 Å². The zero-order chi connectivity index (χ0) is 32.8. The first-order chi connectivity index (χ1) is 24.2. The van der Waals surface area contributed by atoms with E-state index in [4.69, 9.17) is 4.98 Å². The third-order valence-corrected chi connectivity index (χ3v) is 13.9. The summed E-state index contributed by atoms with van der Waals surface area (Å²) in [5.41, 5.74) is 9.26. The Balaban J connectivity index is 1.21. The molecule has 1 aromatic heterocycles. The van der Waals surface area contributed by atoms with Crippen molar-refractivity contribution in [3.63, 3.8) is 0 Å². The number of aryl methyl sites for hydroxylation is 1. The van der Waals surface area contributed by atoms with E-state index in [2.05, 4.69) is 114 Å². The van der Waals surface area contributed by atoms with Crippen LogP contribution in [-0.4, -0.2) is 4.98 Å². The van der Waals surface area contributed by atoms with Gasteiger partial charge in [0.15, 0.2) is 0 Å². The van der Waals surface area contributed by atoms with Gasteiger partial charge in [0.25, 0.3) is 0 Å². The summed E-state index contributed by atoms with van der Waals surface area (Å²) < 4.78 is 0. The molecule has 0 saturated heterocycles. The first kappa shape index (κ1) is 29.4. The molecule has 7 aromatic carbocycles. The Labute approximate surface area is 286 Å². The van der Waals surface area contributed by atoms with E-state index in [1.807, 2.05) is 60.7 Å². The SMILES string of the molecule is O=N[PH](c1ccccc1)(c1ccccc1)c1ccc(-c2cccc(-c3c4ccc5c(c4nc4c3ccc3ccccc34)C=CCC5)c2)cc1. The van der Waals surface area contributed by atoms with E-state index < -0.39 is 7.41 Å². The first-order valence-electron chi connectivity index (χ1n) is 16.9. The van der Waals surface area contributed by atoms with Crippen molar-refractivity contribution in [2.24, 2.45) is 4.95 Å². The summed E-state index contributed by atoms with van der Waals surface area (Å²) in [7, 11) is -3.12. The first-order valence-corrected chi connectivity index (χ1v) is 18.8. The third-order valence-electron chi connectivity index (χ3n) is 10.1. The second-order valence-electron chi connectivity index (χ2n) is 12.8. The number of nitroso groups, excluding NO2 is 1. The summed E-state index contributed by atoms with van der Waals surface area (Å²) in [6.07, 6.45) is 6.63. The fourth-order valence-electron chi connectivity index (χ4n) is 7.74. The maximum absolute atomic E-state index is 13.0. The molecule has 4 heteroatoms. The fourth-order valence-corrected chi connectivity index (χ4v) is 11.1. The van der Waals surface area contributed by atoms with Crippen LogP contribution in [0.1, 0.15) is 17.5 Å². The van der Waals surface area contributed by atoms with Crippen molar-refractivity contribution >= 4 is 62.0 Å². The van der Waals surface area contributed by atoms with Crippen molar-refractivity contribution in [3.8, 4) is 22.3 Å². The minimum absolute atomic E-state index is 0.968. The van der Waals surface area contributed by atoms with Crippen LogP contribution in [0.25, 0.3) is 60.9 Å². The van der Waals surface area contributed by atoms with Crippen molar-refractivity contribution in [1.82, 2.24) is 4.98 Å². The Morgan fingerprint density at radius 1 is 0.531 bits per heavy atom. The molecule has 234 valence electrons. The van der Waals surface area contributed by atoms with Crippen molar-refractivity contribution in [2.75, 3.05) is 0 Å². The molecule has 1 heterocycles. The van der Waals surface area contributed by atoms with Crippen molar-refractivity contribution in [3.05, 3.63) is 180 Å². The molecule has 3 nitrogen and oxygen atoms in total. The molecule has 8 aromatic rings. The van der Waals surface area contributed by atoms with Crippen molar-refractivity contribution < 1.29 is 0 Å². The van der Waals surface area contributed by atoms with Crippen LogP contribution in [0.3, 0.4) is 0 Å². The van der Waals surface area contributed by atoms with Crippen molar-refractivity contribution in [2.45, 2.75) is 12.8 Å². The van der Waals surface area contributed by atoms with E-state index in [9.17, 15) is 4.91 Å². The summed E-state index contributed by atoms with van der Waals surface area (Å²) in [5, 5.41) is 7.60. The van der Waals surface area contributed by atoms with Crippen LogP contribution in [0.5, 0.6) is 0 Å². The van der Waals surface area contributed by atoms with Gasteiger partial charge in [0, 0.05) is 0 Å². The third kappa shape index (κ3) is 4.81. The quantitative estimate of drug-likeness (QED) is 0.0779. The van der Waals surface area contributed by atoms with Gasteiger partial charge in [-0.2, -0.15) is 0 Å². The molecule has 0 atom stereocenters. The van der Waals surface area contributed by atoms with Crippen LogP contribution in [0, 0.1) is 4.91 Å². The van der Waals surface area contributed by atoms with Gasteiger partial charge in [-0.1, -0.05) is 24.3 Å². The molecule has 0 unspecified atom stereocenters. The number of allylic oxidation sites excluding steroid dienone is 1. The summed E-state index contributed by atoms with van der Waals surface area (Å²) in [6.45, 7) is 0. The number of fused-ring (bicyclic) bond motifs is 6. The van der Waals surface area contributed by atoms with Gasteiger partial charge in [-0.3, -0.25) is 0 Å². The number of aromatic nitrogens is 1. The zero-order valence-corrected chi connectivity index (χ0v) is 27.9. The topological polar surface area (TPSA) is 42.3 Å². The van der Waals surface area contributed by atoms with Crippen LogP contribution in [-0.2, 0) is 6.42 Å². The molecule has 49 heavy (non-hydrogen) atoms. The van der Waals surface area contributed by atoms with E-state index in [-0.39, 0.29) is 0 Å². The molecule has 0 bridgehead atoms. The predicted octanol–water partition coefficient (Wildman–Crippen LogP) is 10.5. The van der Waals surface area contributed by atoms with E-state index in [1.165, 1.54) is 32.8 Å². The fraction of sp³-hybridized carbons (Fsp3) is 0.0444. The van der Waals surface area contributed by atoms with Gasteiger partial charge in [-0.05, 0) is 12.8 Å². The Bertz CT molecular complexity index is 2520. The number of rotatable bonds is 6. The second-order valence-corrected chi connectivity index (χ2v) is 16.2. The normalized spacial score (nSPS) is 13.1. The van der Waals surface area contributed by atoms with E-state index >= 15 is 0 Å². The van der Waals surface area contributed by atoms with Crippen LogP contribution < -0.4 is 15.9 Å².